The predicted octanol–water partition coefficient (Wildman–Crippen LogP) is 1.73. The van der Waals surface area contributed by atoms with Gasteiger partial charge in [-0.3, -0.25) is 4.79 Å². The fraction of sp³-hybridized carbons (Fsp3) is 0.286. The van der Waals surface area contributed by atoms with Gasteiger partial charge in [-0.15, -0.1) is 0 Å². The van der Waals surface area contributed by atoms with Crippen LogP contribution in [0.1, 0.15) is 11.3 Å². The van der Waals surface area contributed by atoms with Crippen molar-refractivity contribution < 1.29 is 9.47 Å². The van der Waals surface area contributed by atoms with Gasteiger partial charge in [-0.2, -0.15) is 0 Å². The third-order valence-electron chi connectivity index (χ3n) is 2.62. The molecule has 2 rings (SSSR count). The molecule has 1 aromatic heterocycles. The Hall–Kier alpha value is -2.14. The maximum Gasteiger partial charge on any atom is 0.301 e. The predicted molar refractivity (Wildman–Crippen MR) is 71.0 cm³/mol. The highest BCUT2D eigenvalue weighted by molar-refractivity contribution is 5.13. The van der Waals surface area contributed by atoms with E-state index in [0.29, 0.717) is 12.3 Å². The molecule has 19 heavy (non-hydrogen) atoms. The number of ether oxygens (including phenoxy) is 2. The summed E-state index contributed by atoms with van der Waals surface area (Å²) in [7, 11) is 1.48. The first-order valence-electron chi connectivity index (χ1n) is 5.95. The fourth-order valence-corrected chi connectivity index (χ4v) is 1.70. The molecule has 0 bridgehead atoms. The molecule has 2 aromatic rings. The lowest BCUT2D eigenvalue weighted by molar-refractivity contribution is 0.0550. The van der Waals surface area contributed by atoms with Crippen molar-refractivity contribution >= 4 is 0 Å². The Morgan fingerprint density at radius 3 is 2.68 bits per heavy atom. The molecule has 0 saturated heterocycles. The number of benzene rings is 1. The van der Waals surface area contributed by atoms with Crippen LogP contribution in [0.25, 0.3) is 0 Å². The van der Waals surface area contributed by atoms with Gasteiger partial charge in [-0.05, 0) is 12.5 Å². The summed E-state index contributed by atoms with van der Waals surface area (Å²) in [6.07, 6.45) is 0. The number of hydrogen-bond acceptors (Lipinski definition) is 4. The fourth-order valence-electron chi connectivity index (χ4n) is 1.70. The minimum Gasteiger partial charge on any atom is -0.468 e. The van der Waals surface area contributed by atoms with Crippen LogP contribution >= 0.6 is 0 Å². The quantitative estimate of drug-likeness (QED) is 0.821. The molecular weight excluding hydrogens is 244 g/mol. The summed E-state index contributed by atoms with van der Waals surface area (Å²) in [5, 5.41) is 0. The summed E-state index contributed by atoms with van der Waals surface area (Å²) in [6.45, 7) is 2.30. The van der Waals surface area contributed by atoms with E-state index in [9.17, 15) is 4.79 Å². The van der Waals surface area contributed by atoms with Crippen molar-refractivity contribution in [2.24, 2.45) is 0 Å². The zero-order valence-electron chi connectivity index (χ0n) is 11.0. The summed E-state index contributed by atoms with van der Waals surface area (Å²) in [4.78, 5) is 16.0. The van der Waals surface area contributed by atoms with E-state index in [1.807, 2.05) is 30.3 Å². The van der Waals surface area contributed by atoms with Crippen LogP contribution in [0.15, 0.2) is 41.2 Å². The van der Waals surface area contributed by atoms with Crippen molar-refractivity contribution in [3.63, 3.8) is 0 Å². The van der Waals surface area contributed by atoms with Crippen LogP contribution in [0.3, 0.4) is 0 Å². The van der Waals surface area contributed by atoms with Crippen LogP contribution in [0.4, 0.5) is 0 Å². The van der Waals surface area contributed by atoms with E-state index in [-0.39, 0.29) is 18.3 Å². The molecule has 0 radical (unpaired) electrons. The van der Waals surface area contributed by atoms with Crippen LogP contribution in [-0.2, 0) is 18.1 Å². The highest BCUT2D eigenvalue weighted by atomic mass is 16.5. The SMILES string of the molecule is COc1nc(C)cc(=O)n1COCc1ccccc1. The highest BCUT2D eigenvalue weighted by Crippen LogP contribution is 2.06. The molecule has 100 valence electrons. The average molecular weight is 260 g/mol. The lowest BCUT2D eigenvalue weighted by Gasteiger charge is -2.11. The number of aromatic nitrogens is 2. The lowest BCUT2D eigenvalue weighted by Crippen LogP contribution is -2.23. The van der Waals surface area contributed by atoms with Crippen molar-refractivity contribution in [2.75, 3.05) is 7.11 Å². The molecular formula is C14H16N2O3. The molecule has 0 saturated carbocycles. The first-order chi connectivity index (χ1) is 9.20. The average Bonchev–Trinajstić information content (AvgIpc) is 2.42. The van der Waals surface area contributed by atoms with E-state index < -0.39 is 0 Å². The van der Waals surface area contributed by atoms with E-state index in [4.69, 9.17) is 9.47 Å². The van der Waals surface area contributed by atoms with Crippen molar-refractivity contribution in [3.05, 3.63) is 58.0 Å². The van der Waals surface area contributed by atoms with E-state index >= 15 is 0 Å². The van der Waals surface area contributed by atoms with Crippen LogP contribution in [0.5, 0.6) is 6.01 Å². The molecule has 1 aromatic carbocycles. The summed E-state index contributed by atoms with van der Waals surface area (Å²) in [5.74, 6) is 0. The summed E-state index contributed by atoms with van der Waals surface area (Å²) < 4.78 is 12.0. The molecule has 0 aliphatic rings. The highest BCUT2D eigenvalue weighted by Gasteiger charge is 2.07. The molecule has 0 amide bonds. The van der Waals surface area contributed by atoms with E-state index in [0.717, 1.165) is 5.56 Å². The smallest absolute Gasteiger partial charge is 0.301 e. The van der Waals surface area contributed by atoms with Crippen LogP contribution in [0.2, 0.25) is 0 Å². The van der Waals surface area contributed by atoms with Gasteiger partial charge < -0.3 is 9.47 Å². The normalized spacial score (nSPS) is 10.4. The van der Waals surface area contributed by atoms with Gasteiger partial charge in [0.2, 0.25) is 0 Å². The second kappa shape index (κ2) is 6.15. The molecule has 0 aliphatic carbocycles. The third kappa shape index (κ3) is 3.42. The summed E-state index contributed by atoms with van der Waals surface area (Å²) >= 11 is 0. The van der Waals surface area contributed by atoms with Gasteiger partial charge >= 0.3 is 6.01 Å². The van der Waals surface area contributed by atoms with E-state index in [2.05, 4.69) is 4.98 Å². The Balaban J connectivity index is 2.06. The Morgan fingerprint density at radius 1 is 1.26 bits per heavy atom. The maximum absolute atomic E-state index is 11.8. The zero-order valence-corrected chi connectivity index (χ0v) is 11.0. The van der Waals surface area contributed by atoms with Gasteiger partial charge in [0.05, 0.1) is 13.7 Å². The molecule has 0 N–H and O–H groups in total. The van der Waals surface area contributed by atoms with E-state index in [1.54, 1.807) is 6.92 Å². The van der Waals surface area contributed by atoms with Crippen molar-refractivity contribution in [1.82, 2.24) is 9.55 Å². The second-order valence-electron chi connectivity index (χ2n) is 4.11. The second-order valence-corrected chi connectivity index (χ2v) is 4.11. The largest absolute Gasteiger partial charge is 0.468 e. The van der Waals surface area contributed by atoms with Crippen LogP contribution < -0.4 is 10.3 Å². The molecule has 0 aliphatic heterocycles. The van der Waals surface area contributed by atoms with Gasteiger partial charge in [-0.25, -0.2) is 9.55 Å². The number of methoxy groups -OCH3 is 1. The molecule has 0 atom stereocenters. The Labute approximate surface area is 111 Å². The Morgan fingerprint density at radius 2 is 2.00 bits per heavy atom. The van der Waals surface area contributed by atoms with Crippen LogP contribution in [0, 0.1) is 6.92 Å². The van der Waals surface area contributed by atoms with E-state index in [1.165, 1.54) is 17.7 Å². The molecule has 5 heteroatoms. The van der Waals surface area contributed by atoms with Gasteiger partial charge in [0.25, 0.3) is 5.56 Å². The third-order valence-corrected chi connectivity index (χ3v) is 2.62. The topological polar surface area (TPSA) is 53.3 Å². The number of aryl methyl sites for hydroxylation is 1. The zero-order chi connectivity index (χ0) is 13.7. The van der Waals surface area contributed by atoms with Crippen molar-refractivity contribution in [1.29, 1.82) is 0 Å². The van der Waals surface area contributed by atoms with Crippen molar-refractivity contribution in [3.8, 4) is 6.01 Å². The van der Waals surface area contributed by atoms with Gasteiger partial charge in [0, 0.05) is 11.8 Å². The first kappa shape index (κ1) is 13.3. The van der Waals surface area contributed by atoms with Gasteiger partial charge in [-0.1, -0.05) is 30.3 Å². The molecule has 0 spiro atoms. The minimum absolute atomic E-state index is 0.115. The molecule has 5 nitrogen and oxygen atoms in total. The Bertz CT molecular complexity index is 593. The number of nitrogens with zero attached hydrogens (tertiary/aromatic N) is 2. The summed E-state index contributed by atoms with van der Waals surface area (Å²) in [5.41, 5.74) is 1.49. The lowest BCUT2D eigenvalue weighted by atomic mass is 10.2. The minimum atomic E-state index is -0.183. The standard InChI is InChI=1S/C14H16N2O3/c1-11-8-13(17)16(14(15-11)18-2)10-19-9-12-6-4-3-5-7-12/h3-8H,9-10H2,1-2H3. The Kier molecular flexibility index (Phi) is 4.30. The maximum atomic E-state index is 11.8. The molecule has 0 unspecified atom stereocenters. The van der Waals surface area contributed by atoms with Crippen LogP contribution in [-0.4, -0.2) is 16.7 Å². The van der Waals surface area contributed by atoms with Gasteiger partial charge in [0.1, 0.15) is 6.73 Å². The molecule has 1 heterocycles. The first-order valence-corrected chi connectivity index (χ1v) is 5.95. The monoisotopic (exact) mass is 260 g/mol. The molecule has 0 fully saturated rings. The number of hydrogen-bond donors (Lipinski definition) is 0. The van der Waals surface area contributed by atoms with Crippen molar-refractivity contribution in [2.45, 2.75) is 20.3 Å². The number of rotatable bonds is 5. The summed E-state index contributed by atoms with van der Waals surface area (Å²) in [6, 6.07) is 11.5. The van der Waals surface area contributed by atoms with Gasteiger partial charge in [0.15, 0.2) is 0 Å².